The molecule has 0 atom stereocenters. The Morgan fingerprint density at radius 2 is 1.55 bits per heavy atom. The maximum absolute atomic E-state index is 12.3. The van der Waals surface area contributed by atoms with Gasteiger partial charge in [-0.2, -0.15) is 0 Å². The number of carbonyl (C=O) groups is 2. The van der Waals surface area contributed by atoms with Gasteiger partial charge in [-0.15, -0.1) is 0 Å². The maximum Gasteiger partial charge on any atom is 0.318 e. The number of piperidine rings is 2. The fourth-order valence-electron chi connectivity index (χ4n) is 3.20. The van der Waals surface area contributed by atoms with E-state index in [1.807, 2.05) is 0 Å². The van der Waals surface area contributed by atoms with Crippen molar-refractivity contribution in [3.63, 3.8) is 0 Å². The third-order valence-electron chi connectivity index (χ3n) is 4.73. The first-order valence-electron chi connectivity index (χ1n) is 7.70. The van der Waals surface area contributed by atoms with Crippen LogP contribution in [0.4, 0.5) is 0 Å². The van der Waals surface area contributed by atoms with Crippen LogP contribution in [0.15, 0.2) is 0 Å². The Labute approximate surface area is 120 Å². The van der Waals surface area contributed by atoms with Crippen LogP contribution in [-0.2, 0) is 9.59 Å². The van der Waals surface area contributed by atoms with Crippen LogP contribution in [0.2, 0.25) is 0 Å². The monoisotopic (exact) mass is 282 g/mol. The van der Waals surface area contributed by atoms with Crippen molar-refractivity contribution in [3.8, 4) is 0 Å². The average molecular weight is 282 g/mol. The predicted molar refractivity (Wildman–Crippen MR) is 76.4 cm³/mol. The number of carbonyl (C=O) groups excluding carboxylic acids is 1. The third-order valence-corrected chi connectivity index (χ3v) is 4.73. The van der Waals surface area contributed by atoms with Gasteiger partial charge in [0.15, 0.2) is 0 Å². The van der Waals surface area contributed by atoms with Gasteiger partial charge in [-0.3, -0.25) is 9.59 Å². The molecule has 2 rings (SSSR count). The maximum atomic E-state index is 12.3. The van der Waals surface area contributed by atoms with Crippen molar-refractivity contribution in [2.75, 3.05) is 26.2 Å². The van der Waals surface area contributed by atoms with Crippen molar-refractivity contribution in [2.24, 2.45) is 5.41 Å². The second-order valence-corrected chi connectivity index (χ2v) is 6.55. The Morgan fingerprint density at radius 3 is 2.05 bits per heavy atom. The van der Waals surface area contributed by atoms with Gasteiger partial charge in [0.2, 0.25) is 5.91 Å². The Balaban J connectivity index is 1.87. The van der Waals surface area contributed by atoms with E-state index < -0.39 is 11.4 Å². The molecule has 2 fully saturated rings. The molecule has 2 heterocycles. The number of hydrogen-bond donors (Lipinski definition) is 1. The average Bonchev–Trinajstić information content (AvgIpc) is 2.47. The molecule has 5 heteroatoms. The van der Waals surface area contributed by atoms with E-state index in [-0.39, 0.29) is 5.91 Å². The number of rotatable bonds is 3. The van der Waals surface area contributed by atoms with E-state index in [0.717, 1.165) is 12.8 Å². The Morgan fingerprint density at radius 1 is 1.00 bits per heavy atom. The summed E-state index contributed by atoms with van der Waals surface area (Å²) in [6.07, 6.45) is 5.85. The van der Waals surface area contributed by atoms with Crippen LogP contribution in [0.1, 0.15) is 46.0 Å². The Bertz CT molecular complexity index is 367. The smallest absolute Gasteiger partial charge is 0.318 e. The topological polar surface area (TPSA) is 60.9 Å². The SMILES string of the molecule is CC(C)(C(=O)O)C(=O)N1CCC(N2CCCCC2)CC1. The number of likely N-dealkylation sites (tertiary alicyclic amines) is 2. The molecule has 2 aliphatic rings. The van der Waals surface area contributed by atoms with E-state index >= 15 is 0 Å². The molecule has 0 unspecified atom stereocenters. The molecule has 20 heavy (non-hydrogen) atoms. The minimum absolute atomic E-state index is 0.248. The third kappa shape index (κ3) is 3.14. The second-order valence-electron chi connectivity index (χ2n) is 6.55. The molecule has 114 valence electrons. The molecule has 2 saturated heterocycles. The summed E-state index contributed by atoms with van der Waals surface area (Å²) in [5.74, 6) is -1.29. The quantitative estimate of drug-likeness (QED) is 0.798. The molecule has 2 aliphatic heterocycles. The van der Waals surface area contributed by atoms with Gasteiger partial charge in [0.1, 0.15) is 5.41 Å². The first kappa shape index (κ1) is 15.3. The molecule has 0 aromatic rings. The lowest BCUT2D eigenvalue weighted by molar-refractivity contribution is -0.159. The van der Waals surface area contributed by atoms with E-state index in [2.05, 4.69) is 4.90 Å². The zero-order valence-corrected chi connectivity index (χ0v) is 12.6. The highest BCUT2D eigenvalue weighted by Gasteiger charge is 2.40. The molecular weight excluding hydrogens is 256 g/mol. The van der Waals surface area contributed by atoms with E-state index in [1.165, 1.54) is 46.2 Å². The van der Waals surface area contributed by atoms with Gasteiger partial charge in [-0.05, 0) is 52.6 Å². The van der Waals surface area contributed by atoms with Gasteiger partial charge in [0.25, 0.3) is 0 Å². The molecule has 0 aromatic heterocycles. The van der Waals surface area contributed by atoms with Crippen LogP contribution in [0, 0.1) is 5.41 Å². The van der Waals surface area contributed by atoms with Gasteiger partial charge in [0, 0.05) is 19.1 Å². The lowest BCUT2D eigenvalue weighted by Gasteiger charge is -2.41. The summed E-state index contributed by atoms with van der Waals surface area (Å²) in [5.41, 5.74) is -1.31. The van der Waals surface area contributed by atoms with Crippen LogP contribution in [0.3, 0.4) is 0 Å². The predicted octanol–water partition coefficient (Wildman–Crippen LogP) is 1.57. The number of nitrogens with zero attached hydrogens (tertiary/aromatic N) is 2. The summed E-state index contributed by atoms with van der Waals surface area (Å²) < 4.78 is 0. The molecule has 0 aliphatic carbocycles. The zero-order chi connectivity index (χ0) is 14.8. The molecule has 0 aromatic carbocycles. The molecule has 0 bridgehead atoms. The fraction of sp³-hybridized carbons (Fsp3) is 0.867. The van der Waals surface area contributed by atoms with Gasteiger partial charge in [0.05, 0.1) is 0 Å². The zero-order valence-electron chi connectivity index (χ0n) is 12.6. The second kappa shape index (κ2) is 6.12. The Hall–Kier alpha value is -1.10. The number of aliphatic carboxylic acids is 1. The summed E-state index contributed by atoms with van der Waals surface area (Å²) in [6, 6.07) is 0.576. The first-order valence-corrected chi connectivity index (χ1v) is 7.70. The minimum Gasteiger partial charge on any atom is -0.480 e. The van der Waals surface area contributed by atoms with Gasteiger partial charge < -0.3 is 14.9 Å². The lowest BCUT2D eigenvalue weighted by Crippen LogP contribution is -2.52. The van der Waals surface area contributed by atoms with Crippen molar-refractivity contribution < 1.29 is 14.7 Å². The molecule has 0 spiro atoms. The van der Waals surface area contributed by atoms with Crippen LogP contribution >= 0.6 is 0 Å². The number of hydrogen-bond acceptors (Lipinski definition) is 3. The molecule has 0 saturated carbocycles. The normalized spacial score (nSPS) is 22.8. The van der Waals surface area contributed by atoms with Gasteiger partial charge >= 0.3 is 5.97 Å². The fourth-order valence-corrected chi connectivity index (χ4v) is 3.20. The van der Waals surface area contributed by atoms with E-state index in [4.69, 9.17) is 5.11 Å². The minimum atomic E-state index is -1.31. The number of carboxylic acids is 1. The molecule has 5 nitrogen and oxygen atoms in total. The summed E-state index contributed by atoms with van der Waals surface area (Å²) in [5, 5.41) is 9.14. The summed E-state index contributed by atoms with van der Waals surface area (Å²) in [6.45, 7) is 6.73. The van der Waals surface area contributed by atoms with Crippen LogP contribution in [0.25, 0.3) is 0 Å². The molecule has 0 radical (unpaired) electrons. The standard InChI is InChI=1S/C15H26N2O3/c1-15(2,14(19)20)13(18)17-10-6-12(7-11-17)16-8-4-3-5-9-16/h12H,3-11H2,1-2H3,(H,19,20). The van der Waals surface area contributed by atoms with Crippen LogP contribution < -0.4 is 0 Å². The van der Waals surface area contributed by atoms with Crippen molar-refractivity contribution >= 4 is 11.9 Å². The highest BCUT2D eigenvalue weighted by Crippen LogP contribution is 2.25. The van der Waals surface area contributed by atoms with E-state index in [1.54, 1.807) is 4.90 Å². The number of amides is 1. The van der Waals surface area contributed by atoms with Crippen LogP contribution in [0.5, 0.6) is 0 Å². The Kier molecular flexibility index (Phi) is 4.68. The van der Waals surface area contributed by atoms with Crippen molar-refractivity contribution in [1.82, 2.24) is 9.80 Å². The molecule has 1 amide bonds. The largest absolute Gasteiger partial charge is 0.480 e. The summed E-state index contributed by atoms with van der Waals surface area (Å²) in [4.78, 5) is 27.7. The van der Waals surface area contributed by atoms with Crippen molar-refractivity contribution in [2.45, 2.75) is 52.0 Å². The highest BCUT2D eigenvalue weighted by atomic mass is 16.4. The number of carboxylic acid groups (broad SMARTS) is 1. The van der Waals surface area contributed by atoms with E-state index in [9.17, 15) is 9.59 Å². The van der Waals surface area contributed by atoms with E-state index in [0.29, 0.717) is 19.1 Å². The molecule has 1 N–H and O–H groups in total. The van der Waals surface area contributed by atoms with Crippen molar-refractivity contribution in [3.05, 3.63) is 0 Å². The highest BCUT2D eigenvalue weighted by molar-refractivity contribution is 6.01. The van der Waals surface area contributed by atoms with Crippen LogP contribution in [-0.4, -0.2) is 59.0 Å². The summed E-state index contributed by atoms with van der Waals surface area (Å²) in [7, 11) is 0. The lowest BCUT2D eigenvalue weighted by atomic mass is 9.90. The van der Waals surface area contributed by atoms with Crippen molar-refractivity contribution in [1.29, 1.82) is 0 Å². The van der Waals surface area contributed by atoms with Gasteiger partial charge in [-0.1, -0.05) is 6.42 Å². The first-order chi connectivity index (χ1) is 9.43. The summed E-state index contributed by atoms with van der Waals surface area (Å²) >= 11 is 0. The molecular formula is C15H26N2O3. The van der Waals surface area contributed by atoms with Gasteiger partial charge in [-0.25, -0.2) is 0 Å².